The van der Waals surface area contributed by atoms with Crippen LogP contribution < -0.4 is 16.8 Å². The van der Waals surface area contributed by atoms with Crippen molar-refractivity contribution in [2.24, 2.45) is 0 Å². The number of nitrogen functional groups attached to an aromatic ring is 2. The van der Waals surface area contributed by atoms with Crippen molar-refractivity contribution in [1.82, 2.24) is 14.9 Å². The molecular weight excluding hydrogens is 252 g/mol. The average molecular weight is 278 g/mol. The molecule has 0 atom stereocenters. The molecule has 0 amide bonds. The molecule has 0 bridgehead atoms. The second-order valence-electron chi connectivity index (χ2n) is 5.59. The number of aromatic nitrogens is 2. The van der Waals surface area contributed by atoms with E-state index >= 15 is 0 Å². The summed E-state index contributed by atoms with van der Waals surface area (Å²) in [4.78, 5) is 10.4. The Labute approximate surface area is 121 Å². The topological polar surface area (TPSA) is 93.1 Å². The second kappa shape index (κ2) is 7.28. The van der Waals surface area contributed by atoms with Crippen molar-refractivity contribution in [2.45, 2.75) is 44.6 Å². The number of nitrogens with one attached hydrogen (secondary N) is 1. The van der Waals surface area contributed by atoms with Crippen LogP contribution in [0.4, 0.5) is 17.6 Å². The van der Waals surface area contributed by atoms with Crippen molar-refractivity contribution < 1.29 is 0 Å². The first-order chi connectivity index (χ1) is 9.65. The third-order valence-electron chi connectivity index (χ3n) is 3.96. The van der Waals surface area contributed by atoms with Gasteiger partial charge < -0.3 is 21.7 Å². The van der Waals surface area contributed by atoms with Gasteiger partial charge in [-0.25, -0.2) is 0 Å². The second-order valence-corrected chi connectivity index (χ2v) is 5.59. The third kappa shape index (κ3) is 4.52. The van der Waals surface area contributed by atoms with E-state index in [1.54, 1.807) is 6.07 Å². The maximum atomic E-state index is 5.63. The summed E-state index contributed by atoms with van der Waals surface area (Å²) in [6.07, 6.45) is 7.95. The van der Waals surface area contributed by atoms with Crippen molar-refractivity contribution in [3.05, 3.63) is 6.07 Å². The lowest BCUT2D eigenvalue weighted by Crippen LogP contribution is -2.34. The number of nitrogens with zero attached hydrogens (tertiary/aromatic N) is 3. The van der Waals surface area contributed by atoms with Crippen LogP contribution >= 0.6 is 0 Å². The van der Waals surface area contributed by atoms with E-state index < -0.39 is 0 Å². The molecule has 1 aromatic heterocycles. The van der Waals surface area contributed by atoms with Gasteiger partial charge in [-0.05, 0) is 32.9 Å². The summed E-state index contributed by atoms with van der Waals surface area (Å²) in [6.45, 7) is 1.97. The number of hydrogen-bond acceptors (Lipinski definition) is 6. The van der Waals surface area contributed by atoms with Crippen LogP contribution in [-0.4, -0.2) is 41.0 Å². The average Bonchev–Trinajstić information content (AvgIpc) is 2.43. The Bertz CT molecular complexity index is 396. The van der Waals surface area contributed by atoms with Crippen LogP contribution in [0.25, 0.3) is 0 Å². The summed E-state index contributed by atoms with van der Waals surface area (Å²) >= 11 is 0. The van der Waals surface area contributed by atoms with Crippen molar-refractivity contribution >= 4 is 17.6 Å². The lowest BCUT2D eigenvalue weighted by Gasteiger charge is -2.31. The Balaban J connectivity index is 1.67. The maximum absolute atomic E-state index is 5.63. The molecule has 20 heavy (non-hydrogen) atoms. The van der Waals surface area contributed by atoms with Gasteiger partial charge in [-0.15, -0.1) is 0 Å². The Morgan fingerprint density at radius 1 is 1.25 bits per heavy atom. The van der Waals surface area contributed by atoms with Gasteiger partial charge in [-0.3, -0.25) is 0 Å². The molecular formula is C14H26N6. The smallest absolute Gasteiger partial charge is 0.223 e. The van der Waals surface area contributed by atoms with Crippen LogP contribution in [0.3, 0.4) is 0 Å². The summed E-state index contributed by atoms with van der Waals surface area (Å²) in [5, 5.41) is 3.25. The normalized spacial score (nSPS) is 16.5. The number of anilines is 3. The highest BCUT2D eigenvalue weighted by molar-refractivity contribution is 5.48. The zero-order valence-corrected chi connectivity index (χ0v) is 12.3. The molecule has 0 unspecified atom stereocenters. The monoisotopic (exact) mass is 278 g/mol. The Kier molecular flexibility index (Phi) is 5.40. The zero-order chi connectivity index (χ0) is 14.4. The summed E-state index contributed by atoms with van der Waals surface area (Å²) in [6, 6.07) is 2.48. The lowest BCUT2D eigenvalue weighted by molar-refractivity contribution is 0.191. The first-order valence-corrected chi connectivity index (χ1v) is 7.49. The third-order valence-corrected chi connectivity index (χ3v) is 3.96. The Morgan fingerprint density at radius 3 is 2.70 bits per heavy atom. The molecule has 0 radical (unpaired) electrons. The van der Waals surface area contributed by atoms with Gasteiger partial charge in [-0.2, -0.15) is 9.97 Å². The fraction of sp³-hybridized carbons (Fsp3) is 0.714. The molecule has 6 nitrogen and oxygen atoms in total. The zero-order valence-electron chi connectivity index (χ0n) is 12.3. The molecule has 0 aliphatic heterocycles. The van der Waals surface area contributed by atoms with E-state index in [0.29, 0.717) is 11.6 Å². The number of hydrogen-bond donors (Lipinski definition) is 3. The largest absolute Gasteiger partial charge is 0.383 e. The van der Waals surface area contributed by atoms with Gasteiger partial charge >= 0.3 is 0 Å². The van der Waals surface area contributed by atoms with Crippen molar-refractivity contribution in [2.75, 3.05) is 36.9 Å². The van der Waals surface area contributed by atoms with Gasteiger partial charge in [0.05, 0.1) is 0 Å². The molecule has 1 aromatic rings. The first kappa shape index (κ1) is 14.8. The van der Waals surface area contributed by atoms with E-state index in [9.17, 15) is 0 Å². The molecule has 0 spiro atoms. The SMILES string of the molecule is CN(CCCNc1cc(N)nc(N)n1)C1CCCCC1. The predicted octanol–water partition coefficient (Wildman–Crippen LogP) is 1.71. The molecule has 1 saturated carbocycles. The first-order valence-electron chi connectivity index (χ1n) is 7.49. The van der Waals surface area contributed by atoms with Crippen LogP contribution in [0.1, 0.15) is 38.5 Å². The summed E-state index contributed by atoms with van der Waals surface area (Å²) in [5.41, 5.74) is 11.2. The van der Waals surface area contributed by atoms with E-state index in [2.05, 4.69) is 27.2 Å². The van der Waals surface area contributed by atoms with E-state index in [0.717, 1.165) is 25.6 Å². The van der Waals surface area contributed by atoms with Crippen LogP contribution in [-0.2, 0) is 0 Å². The lowest BCUT2D eigenvalue weighted by atomic mass is 9.94. The van der Waals surface area contributed by atoms with Gasteiger partial charge in [0.15, 0.2) is 0 Å². The molecule has 0 saturated heterocycles. The molecule has 5 N–H and O–H groups in total. The van der Waals surface area contributed by atoms with Crippen molar-refractivity contribution in [1.29, 1.82) is 0 Å². The van der Waals surface area contributed by atoms with Gasteiger partial charge in [0.25, 0.3) is 0 Å². The number of nitrogens with two attached hydrogens (primary N) is 2. The summed E-state index contributed by atoms with van der Waals surface area (Å²) < 4.78 is 0. The molecule has 6 heteroatoms. The summed E-state index contributed by atoms with van der Waals surface area (Å²) in [7, 11) is 2.23. The molecule has 1 aliphatic rings. The van der Waals surface area contributed by atoms with E-state index in [1.165, 1.54) is 32.1 Å². The fourth-order valence-corrected chi connectivity index (χ4v) is 2.83. The van der Waals surface area contributed by atoms with Crippen molar-refractivity contribution in [3.8, 4) is 0 Å². The van der Waals surface area contributed by atoms with Crippen LogP contribution in [0.5, 0.6) is 0 Å². The van der Waals surface area contributed by atoms with E-state index in [4.69, 9.17) is 11.5 Å². The highest BCUT2D eigenvalue weighted by Crippen LogP contribution is 2.21. The van der Waals surface area contributed by atoms with E-state index in [1.807, 2.05) is 0 Å². The maximum Gasteiger partial charge on any atom is 0.223 e. The van der Waals surface area contributed by atoms with Gasteiger partial charge in [-0.1, -0.05) is 19.3 Å². The molecule has 1 heterocycles. The molecule has 2 rings (SSSR count). The number of rotatable bonds is 6. The minimum atomic E-state index is 0.215. The standard InChI is InChI=1S/C14H26N6/c1-20(11-6-3-2-4-7-11)9-5-8-17-13-10-12(15)18-14(16)19-13/h10-11H,2-9H2,1H3,(H5,15,16,17,18,19). The van der Waals surface area contributed by atoms with Crippen LogP contribution in [0.2, 0.25) is 0 Å². The van der Waals surface area contributed by atoms with Gasteiger partial charge in [0.1, 0.15) is 11.6 Å². The minimum absolute atomic E-state index is 0.215. The van der Waals surface area contributed by atoms with E-state index in [-0.39, 0.29) is 5.95 Å². The van der Waals surface area contributed by atoms with Crippen LogP contribution in [0, 0.1) is 0 Å². The molecule has 0 aromatic carbocycles. The van der Waals surface area contributed by atoms with Crippen LogP contribution in [0.15, 0.2) is 6.07 Å². The Morgan fingerprint density at radius 2 is 2.00 bits per heavy atom. The fourth-order valence-electron chi connectivity index (χ4n) is 2.83. The highest BCUT2D eigenvalue weighted by Gasteiger charge is 2.17. The minimum Gasteiger partial charge on any atom is -0.383 e. The molecule has 1 aliphatic carbocycles. The highest BCUT2D eigenvalue weighted by atomic mass is 15.1. The molecule has 112 valence electrons. The summed E-state index contributed by atoms with van der Waals surface area (Å²) in [5.74, 6) is 1.32. The van der Waals surface area contributed by atoms with Crippen molar-refractivity contribution in [3.63, 3.8) is 0 Å². The Hall–Kier alpha value is -1.56. The quantitative estimate of drug-likeness (QED) is 0.686. The van der Waals surface area contributed by atoms with Gasteiger partial charge in [0.2, 0.25) is 5.95 Å². The van der Waals surface area contributed by atoms with Gasteiger partial charge in [0, 0.05) is 18.7 Å². The predicted molar refractivity (Wildman–Crippen MR) is 83.5 cm³/mol. The molecule has 1 fully saturated rings.